The average Bonchev–Trinajstić information content (AvgIpc) is 3.55. The summed E-state index contributed by atoms with van der Waals surface area (Å²) in [6.45, 7) is 9.36. The molecule has 4 amide bonds. The third-order valence-corrected chi connectivity index (χ3v) is 10.1. The quantitative estimate of drug-likeness (QED) is 0.182. The van der Waals surface area contributed by atoms with Crippen molar-refractivity contribution in [2.75, 3.05) is 22.9 Å². The van der Waals surface area contributed by atoms with Crippen LogP contribution in [0.15, 0.2) is 77.5 Å². The molecule has 2 aliphatic heterocycles. The number of aromatic nitrogens is 1. The van der Waals surface area contributed by atoms with Crippen LogP contribution in [0, 0.1) is 0 Å². The number of carbonyl (C=O) groups is 4. The van der Waals surface area contributed by atoms with E-state index in [9.17, 15) is 19.2 Å². The fourth-order valence-electron chi connectivity index (χ4n) is 7.41. The molecule has 1 fully saturated rings. The summed E-state index contributed by atoms with van der Waals surface area (Å²) in [4.78, 5) is 62.7. The van der Waals surface area contributed by atoms with Gasteiger partial charge < -0.3 is 35.5 Å². The largest absolute Gasteiger partial charge is 0.444 e. The molecular formula is C42H53N7O5. The van der Waals surface area contributed by atoms with Crippen molar-refractivity contribution >= 4 is 51.9 Å². The predicted molar refractivity (Wildman–Crippen MR) is 213 cm³/mol. The van der Waals surface area contributed by atoms with Gasteiger partial charge in [-0.1, -0.05) is 48.6 Å². The standard InChI is InChI=1S/C42H53N7O5/c1-41(2,3)54-40(53)46-42(4,5)39(52)45-31(24-29-26-47(6)33-19-12-11-18-30(29)33)37(43)44-32-23-28-17-13-20-34(48-22-14-21-35(48)50)36(28)49(38(32)51)25-27-15-9-7-8-10-16-27/h9,11-13,15-20,26,31-32H,7-8,10,14,21-25H2,1-6H3,(H2,43,44)(H,45,52)(H,46,53)/t31-,32?/m1/s1. The van der Waals surface area contributed by atoms with Gasteiger partial charge in [-0.25, -0.2) is 4.79 Å². The topological polar surface area (TPSA) is 151 Å². The zero-order chi connectivity index (χ0) is 38.8. The average molecular weight is 736 g/mol. The highest BCUT2D eigenvalue weighted by Crippen LogP contribution is 2.40. The summed E-state index contributed by atoms with van der Waals surface area (Å²) in [6, 6.07) is 12.1. The van der Waals surface area contributed by atoms with E-state index in [1.54, 1.807) is 44.4 Å². The first-order valence-corrected chi connectivity index (χ1v) is 18.9. The molecule has 54 heavy (non-hydrogen) atoms. The van der Waals surface area contributed by atoms with Gasteiger partial charge in [-0.2, -0.15) is 0 Å². The van der Waals surface area contributed by atoms with E-state index in [4.69, 9.17) is 15.5 Å². The minimum absolute atomic E-state index is 0.0462. The molecule has 1 unspecified atom stereocenters. The van der Waals surface area contributed by atoms with Crippen LogP contribution >= 0.6 is 0 Å². The summed E-state index contributed by atoms with van der Waals surface area (Å²) < 4.78 is 7.45. The van der Waals surface area contributed by atoms with Crippen molar-refractivity contribution in [3.8, 4) is 0 Å². The number of aryl methyl sites for hydroxylation is 1. The monoisotopic (exact) mass is 735 g/mol. The number of hydrogen-bond acceptors (Lipinski definition) is 6. The van der Waals surface area contributed by atoms with E-state index in [2.05, 4.69) is 28.9 Å². The molecule has 1 aliphatic carbocycles. The Morgan fingerprint density at radius 1 is 1.04 bits per heavy atom. The number of anilines is 2. The molecular weight excluding hydrogens is 683 g/mol. The second-order valence-electron chi connectivity index (χ2n) is 16.0. The van der Waals surface area contributed by atoms with E-state index in [-0.39, 0.29) is 30.5 Å². The number of aliphatic imine (C=N–C) groups is 1. The van der Waals surface area contributed by atoms with Crippen LogP contribution in [0.5, 0.6) is 0 Å². The van der Waals surface area contributed by atoms with Crippen LogP contribution < -0.4 is 26.2 Å². The number of nitrogens with one attached hydrogen (secondary N) is 2. The van der Waals surface area contributed by atoms with Crippen LogP contribution in [0.1, 0.15) is 77.8 Å². The second kappa shape index (κ2) is 15.5. The molecule has 2 aromatic carbocycles. The first-order chi connectivity index (χ1) is 25.6. The minimum atomic E-state index is -1.38. The number of allylic oxidation sites excluding steroid dienone is 2. The van der Waals surface area contributed by atoms with E-state index < -0.39 is 35.2 Å². The van der Waals surface area contributed by atoms with Crippen molar-refractivity contribution in [2.45, 2.75) is 103 Å². The molecule has 2 atom stereocenters. The fourth-order valence-corrected chi connectivity index (χ4v) is 7.41. The molecule has 0 spiro atoms. The van der Waals surface area contributed by atoms with Gasteiger partial charge in [-0.15, -0.1) is 0 Å². The van der Waals surface area contributed by atoms with E-state index in [1.165, 1.54) is 0 Å². The summed E-state index contributed by atoms with van der Waals surface area (Å²) in [5.74, 6) is -0.591. The van der Waals surface area contributed by atoms with Crippen LogP contribution in [-0.4, -0.2) is 70.5 Å². The third kappa shape index (κ3) is 8.53. The number of rotatable bonds is 10. The lowest BCUT2D eigenvalue weighted by Crippen LogP contribution is -2.59. The summed E-state index contributed by atoms with van der Waals surface area (Å²) in [5, 5.41) is 6.72. The molecule has 3 aliphatic rings. The highest BCUT2D eigenvalue weighted by atomic mass is 16.6. The van der Waals surface area contributed by atoms with Crippen molar-refractivity contribution < 1.29 is 23.9 Å². The highest BCUT2D eigenvalue weighted by Gasteiger charge is 2.39. The maximum absolute atomic E-state index is 14.7. The number of nitrogens with zero attached hydrogens (tertiary/aromatic N) is 4. The summed E-state index contributed by atoms with van der Waals surface area (Å²) in [7, 11) is 1.96. The number of amidine groups is 1. The maximum Gasteiger partial charge on any atom is 0.408 e. The number of carbonyl (C=O) groups excluding carboxylic acids is 4. The molecule has 1 saturated heterocycles. The Morgan fingerprint density at radius 2 is 1.81 bits per heavy atom. The molecule has 4 N–H and O–H groups in total. The second-order valence-corrected chi connectivity index (χ2v) is 16.0. The molecule has 12 nitrogen and oxygen atoms in total. The van der Waals surface area contributed by atoms with Crippen LogP contribution in [0.2, 0.25) is 0 Å². The lowest BCUT2D eigenvalue weighted by atomic mass is 9.94. The van der Waals surface area contributed by atoms with Crippen LogP contribution in [0.25, 0.3) is 10.9 Å². The van der Waals surface area contributed by atoms with Gasteiger partial charge in [0, 0.05) is 50.0 Å². The Bertz CT molecular complexity index is 2040. The van der Waals surface area contributed by atoms with Gasteiger partial charge >= 0.3 is 6.09 Å². The summed E-state index contributed by atoms with van der Waals surface area (Å²) in [5.41, 5.74) is 10.1. The Balaban J connectivity index is 1.36. The first-order valence-electron chi connectivity index (χ1n) is 18.9. The smallest absolute Gasteiger partial charge is 0.408 e. The SMILES string of the molecule is Cn1cc(C[C@@H](NC(=O)C(C)(C)NC(=O)OC(C)(C)C)C(N)=NC2Cc3cccc(N4CCCC4=O)c3N(CC3=CCCCC=C3)C2=O)c2ccccc21. The Labute approximate surface area is 317 Å². The van der Waals surface area contributed by atoms with Crippen molar-refractivity contribution in [1.82, 2.24) is 15.2 Å². The van der Waals surface area contributed by atoms with Crippen LogP contribution in [-0.2, 0) is 39.0 Å². The van der Waals surface area contributed by atoms with Crippen LogP contribution in [0.4, 0.5) is 16.2 Å². The lowest BCUT2D eigenvalue weighted by Gasteiger charge is -2.36. The fraction of sp³-hybridized carbons (Fsp3) is 0.452. The number of nitrogens with two attached hydrogens (primary N) is 1. The zero-order valence-corrected chi connectivity index (χ0v) is 32.3. The third-order valence-electron chi connectivity index (χ3n) is 10.1. The molecule has 3 heterocycles. The van der Waals surface area contributed by atoms with Crippen molar-refractivity contribution in [3.05, 3.63) is 83.6 Å². The number of amides is 4. The molecule has 286 valence electrons. The number of para-hydroxylation sites is 2. The van der Waals surface area contributed by atoms with Gasteiger partial charge in [0.15, 0.2) is 0 Å². The van der Waals surface area contributed by atoms with Gasteiger partial charge in [0.05, 0.1) is 24.0 Å². The van der Waals surface area contributed by atoms with Crippen LogP contribution in [0.3, 0.4) is 0 Å². The Kier molecular flexibility index (Phi) is 11.0. The molecule has 0 bridgehead atoms. The van der Waals surface area contributed by atoms with Gasteiger partial charge in [0.2, 0.25) is 11.8 Å². The van der Waals surface area contributed by atoms with Crippen molar-refractivity contribution in [3.63, 3.8) is 0 Å². The maximum atomic E-state index is 14.7. The normalized spacial score (nSPS) is 18.7. The zero-order valence-electron chi connectivity index (χ0n) is 32.3. The lowest BCUT2D eigenvalue weighted by molar-refractivity contribution is -0.126. The van der Waals surface area contributed by atoms with Gasteiger partial charge in [0.25, 0.3) is 5.91 Å². The minimum Gasteiger partial charge on any atom is -0.444 e. The van der Waals surface area contributed by atoms with Crippen molar-refractivity contribution in [1.29, 1.82) is 0 Å². The van der Waals surface area contributed by atoms with E-state index >= 15 is 0 Å². The van der Waals surface area contributed by atoms with Gasteiger partial charge in [0.1, 0.15) is 23.0 Å². The van der Waals surface area contributed by atoms with Crippen molar-refractivity contribution in [2.24, 2.45) is 17.8 Å². The van der Waals surface area contributed by atoms with E-state index in [0.29, 0.717) is 19.5 Å². The Hall–Kier alpha value is -5.39. The molecule has 6 rings (SSSR count). The number of benzene rings is 2. The molecule has 12 heteroatoms. The van der Waals surface area contributed by atoms with E-state index in [0.717, 1.165) is 64.7 Å². The number of hydrogen-bond donors (Lipinski definition) is 3. The molecule has 0 radical (unpaired) electrons. The molecule has 0 saturated carbocycles. The number of alkyl carbamates (subject to hydrolysis) is 1. The highest BCUT2D eigenvalue weighted by molar-refractivity contribution is 6.08. The van der Waals surface area contributed by atoms with E-state index in [1.807, 2.05) is 60.3 Å². The number of fused-ring (bicyclic) bond motifs is 2. The molecule has 1 aromatic heterocycles. The molecule has 3 aromatic rings. The van der Waals surface area contributed by atoms with Gasteiger partial charge in [-0.3, -0.25) is 19.4 Å². The Morgan fingerprint density at radius 3 is 2.56 bits per heavy atom. The summed E-state index contributed by atoms with van der Waals surface area (Å²) >= 11 is 0. The predicted octanol–water partition coefficient (Wildman–Crippen LogP) is 5.62. The number of ether oxygens (including phenoxy) is 1. The first kappa shape index (κ1) is 38.3. The van der Waals surface area contributed by atoms with Gasteiger partial charge in [-0.05, 0) is 89.1 Å². The summed E-state index contributed by atoms with van der Waals surface area (Å²) in [6.07, 6.45) is 12.4.